The Labute approximate surface area is 142 Å². The van der Waals surface area contributed by atoms with Crippen molar-refractivity contribution < 1.29 is 14.3 Å². The number of amides is 1. The first-order valence-corrected chi connectivity index (χ1v) is 7.75. The predicted molar refractivity (Wildman–Crippen MR) is 90.7 cm³/mol. The Kier molecular flexibility index (Phi) is 3.61. The maximum Gasteiger partial charge on any atom is 0.258 e. The third-order valence-corrected chi connectivity index (χ3v) is 4.02. The van der Waals surface area contributed by atoms with Gasteiger partial charge in [-0.05, 0) is 30.3 Å². The zero-order valence-corrected chi connectivity index (χ0v) is 13.5. The molecule has 25 heavy (non-hydrogen) atoms. The number of aromatic amines is 1. The monoisotopic (exact) mass is 337 g/mol. The molecule has 2 heterocycles. The van der Waals surface area contributed by atoms with Crippen molar-refractivity contribution in [2.24, 2.45) is 0 Å². The van der Waals surface area contributed by atoms with E-state index in [9.17, 15) is 9.59 Å². The van der Waals surface area contributed by atoms with Crippen molar-refractivity contribution in [3.8, 4) is 11.5 Å². The zero-order chi connectivity index (χ0) is 17.4. The summed E-state index contributed by atoms with van der Waals surface area (Å²) >= 11 is 0. The number of benzene rings is 2. The number of hydrogen-bond acceptors (Lipinski definition) is 5. The van der Waals surface area contributed by atoms with Crippen LogP contribution < -0.4 is 15.0 Å². The first kappa shape index (κ1) is 15.2. The van der Waals surface area contributed by atoms with Gasteiger partial charge in [-0.25, -0.2) is 4.98 Å². The number of rotatable bonds is 3. The Balaban J connectivity index is 1.58. The van der Waals surface area contributed by atoms with Crippen LogP contribution in [0.2, 0.25) is 0 Å². The molecule has 7 heteroatoms. The Morgan fingerprint density at radius 3 is 2.88 bits per heavy atom. The first-order valence-electron chi connectivity index (χ1n) is 7.75. The summed E-state index contributed by atoms with van der Waals surface area (Å²) in [5.41, 5.74) is 0.865. The number of carbonyl (C=O) groups excluding carboxylic acids is 1. The Hall–Kier alpha value is -3.35. The van der Waals surface area contributed by atoms with Crippen molar-refractivity contribution in [3.05, 3.63) is 64.2 Å². The molecule has 0 saturated heterocycles. The number of fused-ring (bicyclic) bond motifs is 2. The fraction of sp³-hybridized carbons (Fsp3) is 0.167. The SMILES string of the molecule is CN(Cc1nc2ccccc2c(=O)[nH]1)C(=O)c1ccc2c(c1)OCO2. The number of carbonyl (C=O) groups is 1. The van der Waals surface area contributed by atoms with Crippen molar-refractivity contribution in [1.29, 1.82) is 0 Å². The van der Waals surface area contributed by atoms with E-state index in [1.165, 1.54) is 4.90 Å². The molecule has 4 rings (SSSR count). The molecule has 0 saturated carbocycles. The van der Waals surface area contributed by atoms with E-state index in [4.69, 9.17) is 9.47 Å². The highest BCUT2D eigenvalue weighted by Gasteiger charge is 2.19. The molecule has 2 aromatic carbocycles. The molecule has 1 N–H and O–H groups in total. The first-order chi connectivity index (χ1) is 12.1. The van der Waals surface area contributed by atoms with Crippen LogP contribution in [0, 0.1) is 0 Å². The number of ether oxygens (including phenoxy) is 2. The van der Waals surface area contributed by atoms with Gasteiger partial charge in [0.1, 0.15) is 5.82 Å². The second-order valence-electron chi connectivity index (χ2n) is 5.76. The van der Waals surface area contributed by atoms with Crippen molar-refractivity contribution >= 4 is 16.8 Å². The molecule has 3 aromatic rings. The summed E-state index contributed by atoms with van der Waals surface area (Å²) in [6.07, 6.45) is 0. The fourth-order valence-electron chi connectivity index (χ4n) is 2.76. The van der Waals surface area contributed by atoms with E-state index in [-0.39, 0.29) is 24.8 Å². The number of aromatic nitrogens is 2. The van der Waals surface area contributed by atoms with E-state index in [1.54, 1.807) is 43.4 Å². The summed E-state index contributed by atoms with van der Waals surface area (Å²) in [5, 5.41) is 0.524. The van der Waals surface area contributed by atoms with E-state index in [0.717, 1.165) is 0 Å². The van der Waals surface area contributed by atoms with E-state index in [2.05, 4.69) is 9.97 Å². The molecule has 1 aliphatic rings. The quantitative estimate of drug-likeness (QED) is 0.789. The van der Waals surface area contributed by atoms with Crippen molar-refractivity contribution in [2.45, 2.75) is 6.54 Å². The molecule has 0 radical (unpaired) electrons. The highest BCUT2D eigenvalue weighted by Crippen LogP contribution is 2.32. The second-order valence-corrected chi connectivity index (χ2v) is 5.76. The summed E-state index contributed by atoms with van der Waals surface area (Å²) in [6.45, 7) is 0.346. The molecule has 1 aliphatic heterocycles. The Morgan fingerprint density at radius 1 is 1.20 bits per heavy atom. The lowest BCUT2D eigenvalue weighted by molar-refractivity contribution is 0.0781. The van der Waals surface area contributed by atoms with Crippen molar-refractivity contribution in [2.75, 3.05) is 13.8 Å². The van der Waals surface area contributed by atoms with E-state index < -0.39 is 0 Å². The van der Waals surface area contributed by atoms with Gasteiger partial charge in [0.15, 0.2) is 11.5 Å². The number of hydrogen-bond donors (Lipinski definition) is 1. The van der Waals surface area contributed by atoms with Gasteiger partial charge in [-0.3, -0.25) is 9.59 Å². The summed E-state index contributed by atoms with van der Waals surface area (Å²) in [5.74, 6) is 1.41. The van der Waals surface area contributed by atoms with Crippen LogP contribution in [-0.4, -0.2) is 34.6 Å². The highest BCUT2D eigenvalue weighted by atomic mass is 16.7. The molecule has 0 bridgehead atoms. The predicted octanol–water partition coefficient (Wildman–Crippen LogP) is 1.92. The lowest BCUT2D eigenvalue weighted by atomic mass is 10.2. The third-order valence-electron chi connectivity index (χ3n) is 4.02. The normalized spacial score (nSPS) is 12.4. The van der Waals surface area contributed by atoms with Crippen molar-refractivity contribution in [1.82, 2.24) is 14.9 Å². The minimum absolute atomic E-state index is 0.158. The van der Waals surface area contributed by atoms with Crippen LogP contribution in [0.15, 0.2) is 47.3 Å². The van der Waals surface area contributed by atoms with Crippen LogP contribution in [0.5, 0.6) is 11.5 Å². The summed E-state index contributed by atoms with van der Waals surface area (Å²) in [6, 6.07) is 12.1. The number of nitrogens with zero attached hydrogens (tertiary/aromatic N) is 2. The molecular formula is C18H15N3O4. The van der Waals surface area contributed by atoms with Crippen LogP contribution in [-0.2, 0) is 6.54 Å². The largest absolute Gasteiger partial charge is 0.454 e. The lowest BCUT2D eigenvalue weighted by Gasteiger charge is -2.17. The standard InChI is InChI=1S/C18H15N3O4/c1-21(18(23)11-6-7-14-15(8-11)25-10-24-14)9-16-19-13-5-3-2-4-12(13)17(22)20-16/h2-8H,9-10H2,1H3,(H,19,20,22). The fourth-order valence-corrected chi connectivity index (χ4v) is 2.76. The van der Waals surface area contributed by atoms with Crippen LogP contribution in [0.25, 0.3) is 10.9 Å². The van der Waals surface area contributed by atoms with E-state index in [0.29, 0.717) is 33.8 Å². The Bertz CT molecular complexity index is 1030. The molecule has 0 unspecified atom stereocenters. The van der Waals surface area contributed by atoms with Gasteiger partial charge in [0.05, 0.1) is 17.4 Å². The van der Waals surface area contributed by atoms with E-state index in [1.807, 2.05) is 6.07 Å². The summed E-state index contributed by atoms with van der Waals surface area (Å²) < 4.78 is 10.5. The van der Waals surface area contributed by atoms with Crippen LogP contribution in [0.1, 0.15) is 16.2 Å². The maximum atomic E-state index is 12.6. The van der Waals surface area contributed by atoms with Gasteiger partial charge in [-0.15, -0.1) is 0 Å². The van der Waals surface area contributed by atoms with Gasteiger partial charge in [0, 0.05) is 12.6 Å². The van der Waals surface area contributed by atoms with Gasteiger partial charge in [-0.1, -0.05) is 12.1 Å². The maximum absolute atomic E-state index is 12.6. The molecule has 0 spiro atoms. The number of H-pyrrole nitrogens is 1. The smallest absolute Gasteiger partial charge is 0.258 e. The average Bonchev–Trinajstić information content (AvgIpc) is 3.08. The molecular weight excluding hydrogens is 322 g/mol. The highest BCUT2D eigenvalue weighted by molar-refractivity contribution is 5.94. The minimum Gasteiger partial charge on any atom is -0.454 e. The van der Waals surface area contributed by atoms with Gasteiger partial charge in [0.25, 0.3) is 11.5 Å². The van der Waals surface area contributed by atoms with Gasteiger partial charge < -0.3 is 19.4 Å². The van der Waals surface area contributed by atoms with Crippen LogP contribution in [0.3, 0.4) is 0 Å². The Morgan fingerprint density at radius 2 is 2.00 bits per heavy atom. The topological polar surface area (TPSA) is 84.5 Å². The third kappa shape index (κ3) is 2.80. The molecule has 1 aromatic heterocycles. The van der Waals surface area contributed by atoms with Gasteiger partial charge in [0.2, 0.25) is 6.79 Å². The average molecular weight is 337 g/mol. The molecule has 0 fully saturated rings. The van der Waals surface area contributed by atoms with E-state index >= 15 is 0 Å². The molecule has 126 valence electrons. The van der Waals surface area contributed by atoms with Gasteiger partial charge >= 0.3 is 0 Å². The zero-order valence-electron chi connectivity index (χ0n) is 13.5. The van der Waals surface area contributed by atoms with Crippen molar-refractivity contribution in [3.63, 3.8) is 0 Å². The van der Waals surface area contributed by atoms with Crippen LogP contribution >= 0.6 is 0 Å². The second kappa shape index (κ2) is 5.94. The molecule has 0 atom stereocenters. The summed E-state index contributed by atoms with van der Waals surface area (Å²) in [7, 11) is 1.65. The molecule has 0 aliphatic carbocycles. The number of nitrogens with one attached hydrogen (secondary N) is 1. The molecule has 1 amide bonds. The number of para-hydroxylation sites is 1. The van der Waals surface area contributed by atoms with Crippen LogP contribution in [0.4, 0.5) is 0 Å². The molecule has 7 nitrogen and oxygen atoms in total. The lowest BCUT2D eigenvalue weighted by Crippen LogP contribution is -2.28. The van der Waals surface area contributed by atoms with Gasteiger partial charge in [-0.2, -0.15) is 0 Å². The minimum atomic E-state index is -0.218. The summed E-state index contributed by atoms with van der Waals surface area (Å²) in [4.78, 5) is 33.4.